The molecule has 0 aliphatic carbocycles. The maximum atomic E-state index is 13.2. The molecule has 0 aliphatic heterocycles. The highest BCUT2D eigenvalue weighted by Gasteiger charge is 2.35. The minimum Gasteiger partial charge on any atom is -0.495 e. The summed E-state index contributed by atoms with van der Waals surface area (Å²) in [6.07, 6.45) is 1.99. The van der Waals surface area contributed by atoms with Gasteiger partial charge in [0.2, 0.25) is 15.9 Å². The Morgan fingerprint density at radius 2 is 1.81 bits per heavy atom. The number of methoxy groups -OCH3 is 1. The van der Waals surface area contributed by atoms with Gasteiger partial charge in [-0.15, -0.1) is 0 Å². The Balaban J connectivity index is 2.44. The molecule has 0 heterocycles. The van der Waals surface area contributed by atoms with E-state index < -0.39 is 26.9 Å². The third-order valence-corrected chi connectivity index (χ3v) is 6.35. The highest BCUT2D eigenvalue weighted by Crippen LogP contribution is 2.35. The molecule has 9 nitrogen and oxygen atoms in total. The maximum Gasteiger partial charge on any atom is 0.271 e. The second-order valence-corrected chi connectivity index (χ2v) is 9.28. The predicted molar refractivity (Wildman–Crippen MR) is 123 cm³/mol. The largest absolute Gasteiger partial charge is 0.495 e. The van der Waals surface area contributed by atoms with Gasteiger partial charge in [0.1, 0.15) is 17.5 Å². The first-order valence-corrected chi connectivity index (χ1v) is 12.1. The first kappa shape index (κ1) is 25.1. The fourth-order valence-electron chi connectivity index (χ4n) is 3.43. The lowest BCUT2D eigenvalue weighted by Gasteiger charge is -2.31. The minimum absolute atomic E-state index is 0.0637. The van der Waals surface area contributed by atoms with E-state index in [1.54, 1.807) is 6.92 Å². The van der Waals surface area contributed by atoms with Crippen molar-refractivity contribution in [2.24, 2.45) is 0 Å². The summed E-state index contributed by atoms with van der Waals surface area (Å²) < 4.78 is 31.6. The second kappa shape index (κ2) is 10.4. The van der Waals surface area contributed by atoms with Crippen LogP contribution >= 0.6 is 0 Å². The minimum atomic E-state index is -3.99. The number of ether oxygens (including phenoxy) is 1. The topological polar surface area (TPSA) is 119 Å². The summed E-state index contributed by atoms with van der Waals surface area (Å²) >= 11 is 0. The first-order valence-electron chi connectivity index (χ1n) is 10.2. The summed E-state index contributed by atoms with van der Waals surface area (Å²) in [6, 6.07) is 9.93. The normalized spacial score (nSPS) is 13.2. The van der Waals surface area contributed by atoms with Crippen LogP contribution in [0.4, 0.5) is 11.4 Å². The zero-order valence-electron chi connectivity index (χ0n) is 18.9. The van der Waals surface area contributed by atoms with Crippen LogP contribution in [0.1, 0.15) is 44.4 Å². The monoisotopic (exact) mass is 463 g/mol. The van der Waals surface area contributed by atoms with Crippen molar-refractivity contribution in [1.29, 1.82) is 0 Å². The summed E-state index contributed by atoms with van der Waals surface area (Å²) in [6.45, 7) is 5.53. The number of nitro benzene ring substituents is 1. The first-order chi connectivity index (χ1) is 15.0. The number of hydrogen-bond donors (Lipinski definition) is 1. The van der Waals surface area contributed by atoms with E-state index in [4.69, 9.17) is 4.74 Å². The average Bonchev–Trinajstić information content (AvgIpc) is 2.75. The SMILES string of the molecule is CCc1ccc([C@H](C)NC(=O)[C@H](CC)N(c2cc([N+](=O)[O-])ccc2OC)S(C)(=O)=O)cc1. The van der Waals surface area contributed by atoms with E-state index >= 15 is 0 Å². The number of nitrogens with one attached hydrogen (secondary N) is 1. The number of non-ortho nitro benzene ring substituents is 1. The molecule has 32 heavy (non-hydrogen) atoms. The third-order valence-electron chi connectivity index (χ3n) is 5.19. The van der Waals surface area contributed by atoms with Crippen LogP contribution < -0.4 is 14.4 Å². The highest BCUT2D eigenvalue weighted by atomic mass is 32.2. The van der Waals surface area contributed by atoms with Crippen molar-refractivity contribution in [1.82, 2.24) is 5.32 Å². The molecule has 0 aliphatic rings. The van der Waals surface area contributed by atoms with Gasteiger partial charge in [0, 0.05) is 12.1 Å². The number of nitro groups is 1. The van der Waals surface area contributed by atoms with E-state index in [0.29, 0.717) is 0 Å². The fraction of sp³-hybridized carbons (Fsp3) is 0.409. The van der Waals surface area contributed by atoms with Crippen molar-refractivity contribution in [3.05, 3.63) is 63.7 Å². The number of carbonyl (C=O) groups is 1. The Bertz CT molecular complexity index is 1070. The summed E-state index contributed by atoms with van der Waals surface area (Å²) in [4.78, 5) is 23.8. The van der Waals surface area contributed by atoms with Crippen molar-refractivity contribution < 1.29 is 22.9 Å². The van der Waals surface area contributed by atoms with Gasteiger partial charge < -0.3 is 10.1 Å². The molecule has 2 rings (SSSR count). The smallest absolute Gasteiger partial charge is 0.271 e. The number of sulfonamides is 1. The van der Waals surface area contributed by atoms with Gasteiger partial charge in [0.25, 0.3) is 5.69 Å². The number of aryl methyl sites for hydroxylation is 1. The molecule has 0 unspecified atom stereocenters. The zero-order chi connectivity index (χ0) is 24.1. The number of benzene rings is 2. The van der Waals surface area contributed by atoms with Crippen molar-refractivity contribution in [3.8, 4) is 5.75 Å². The average molecular weight is 464 g/mol. The Hall–Kier alpha value is -3.14. The van der Waals surface area contributed by atoms with E-state index in [-0.39, 0.29) is 29.6 Å². The Morgan fingerprint density at radius 1 is 1.19 bits per heavy atom. The third kappa shape index (κ3) is 5.76. The quantitative estimate of drug-likeness (QED) is 0.425. The van der Waals surface area contributed by atoms with Gasteiger partial charge in [-0.25, -0.2) is 8.42 Å². The summed E-state index contributed by atoms with van der Waals surface area (Å²) in [5.41, 5.74) is 1.67. The van der Waals surface area contributed by atoms with Gasteiger partial charge in [-0.3, -0.25) is 19.2 Å². The van der Waals surface area contributed by atoms with E-state index in [9.17, 15) is 23.3 Å². The van der Waals surface area contributed by atoms with E-state index in [2.05, 4.69) is 5.32 Å². The van der Waals surface area contributed by atoms with Crippen LogP contribution in [0.15, 0.2) is 42.5 Å². The lowest BCUT2D eigenvalue weighted by molar-refractivity contribution is -0.384. The van der Waals surface area contributed by atoms with Gasteiger partial charge in [0.05, 0.1) is 24.3 Å². The van der Waals surface area contributed by atoms with Crippen LogP contribution in [0.2, 0.25) is 0 Å². The van der Waals surface area contributed by atoms with E-state index in [1.165, 1.54) is 24.8 Å². The number of carbonyl (C=O) groups excluding carboxylic acids is 1. The van der Waals surface area contributed by atoms with Crippen molar-refractivity contribution in [2.75, 3.05) is 17.7 Å². The summed E-state index contributed by atoms with van der Waals surface area (Å²) in [5, 5.41) is 14.1. The number of rotatable bonds is 10. The van der Waals surface area contributed by atoms with E-state index in [0.717, 1.165) is 28.6 Å². The van der Waals surface area contributed by atoms with Gasteiger partial charge >= 0.3 is 0 Å². The number of anilines is 1. The molecule has 1 N–H and O–H groups in total. The molecule has 0 bridgehead atoms. The molecule has 0 radical (unpaired) electrons. The molecule has 0 fully saturated rings. The van der Waals surface area contributed by atoms with Crippen LogP contribution in [-0.2, 0) is 21.2 Å². The van der Waals surface area contributed by atoms with Crippen molar-refractivity contribution >= 4 is 27.3 Å². The van der Waals surface area contributed by atoms with Gasteiger partial charge in [-0.1, -0.05) is 38.1 Å². The number of hydrogen-bond acceptors (Lipinski definition) is 6. The molecule has 174 valence electrons. The molecule has 2 atom stereocenters. The predicted octanol–water partition coefficient (Wildman–Crippen LogP) is 3.59. The van der Waals surface area contributed by atoms with Crippen LogP contribution in [0.5, 0.6) is 5.75 Å². The molecular weight excluding hydrogens is 434 g/mol. The van der Waals surface area contributed by atoms with Crippen LogP contribution in [0.25, 0.3) is 0 Å². The summed E-state index contributed by atoms with van der Waals surface area (Å²) in [5.74, 6) is -0.408. The molecular formula is C22H29N3O6S. The molecule has 2 aromatic carbocycles. The van der Waals surface area contributed by atoms with Crippen molar-refractivity contribution in [2.45, 2.75) is 45.7 Å². The zero-order valence-corrected chi connectivity index (χ0v) is 19.7. The molecule has 0 aromatic heterocycles. The molecule has 1 amide bonds. The van der Waals surface area contributed by atoms with Crippen LogP contribution in [0.3, 0.4) is 0 Å². The Labute approximate surface area is 188 Å². The molecule has 0 saturated heterocycles. The lowest BCUT2D eigenvalue weighted by atomic mass is 10.0. The van der Waals surface area contributed by atoms with Crippen LogP contribution in [0, 0.1) is 10.1 Å². The molecule has 0 spiro atoms. The molecule has 10 heteroatoms. The van der Waals surface area contributed by atoms with Gasteiger partial charge in [-0.05, 0) is 37.0 Å². The second-order valence-electron chi connectivity index (χ2n) is 7.42. The highest BCUT2D eigenvalue weighted by molar-refractivity contribution is 7.92. The Kier molecular flexibility index (Phi) is 8.20. The summed E-state index contributed by atoms with van der Waals surface area (Å²) in [7, 11) is -2.66. The molecule has 2 aromatic rings. The standard InChI is InChI=1S/C22H29N3O6S/c1-6-16-8-10-17(11-9-16)15(3)23-22(26)19(7-2)24(32(5,29)30)20-14-18(25(27)28)12-13-21(20)31-4/h8-15,19H,6-7H2,1-5H3,(H,23,26)/t15-,19-/m0/s1. The van der Waals surface area contributed by atoms with Crippen LogP contribution in [-0.4, -0.2) is 38.7 Å². The van der Waals surface area contributed by atoms with E-state index in [1.807, 2.05) is 38.1 Å². The van der Waals surface area contributed by atoms with Gasteiger partial charge in [0.15, 0.2) is 0 Å². The molecule has 0 saturated carbocycles. The van der Waals surface area contributed by atoms with Crippen molar-refractivity contribution in [3.63, 3.8) is 0 Å². The Morgan fingerprint density at radius 3 is 2.28 bits per heavy atom. The van der Waals surface area contributed by atoms with Gasteiger partial charge in [-0.2, -0.15) is 0 Å². The fourth-order valence-corrected chi connectivity index (χ4v) is 4.64. The lowest BCUT2D eigenvalue weighted by Crippen LogP contribution is -2.49. The maximum absolute atomic E-state index is 13.2. The number of nitrogens with zero attached hydrogens (tertiary/aromatic N) is 2. The number of amides is 1.